The summed E-state index contributed by atoms with van der Waals surface area (Å²) in [5.41, 5.74) is 11.7. The van der Waals surface area contributed by atoms with Gasteiger partial charge in [-0.05, 0) is 36.6 Å². The predicted octanol–water partition coefficient (Wildman–Crippen LogP) is 0.884. The van der Waals surface area contributed by atoms with Gasteiger partial charge in [-0.15, -0.1) is 0 Å². The summed E-state index contributed by atoms with van der Waals surface area (Å²) in [6.07, 6.45) is 10.9. The van der Waals surface area contributed by atoms with Crippen LogP contribution in [0.25, 0.3) is 0 Å². The van der Waals surface area contributed by atoms with Crippen molar-refractivity contribution in [3.8, 4) is 0 Å². The number of amides is 1. The fraction of sp³-hybridized carbons (Fsp3) is 0.143. The quantitative estimate of drug-likeness (QED) is 0.394. The molecule has 7 heteroatoms. The maximum absolute atomic E-state index is 12.3. The van der Waals surface area contributed by atoms with Gasteiger partial charge in [0.15, 0.2) is 0 Å². The standard InChI is InChI=1S/C21H23N5O2/c1-14-13-15(21(24)28)7-8-17(14)25-12-10-19(27)20(23)18(9-11-22)26-16-5-3-2-4-6-16/h2-14,17,23,25H,22H2,1H3,(H2,24,28)/p+1. The number of rotatable bonds is 8. The highest BCUT2D eigenvalue weighted by Gasteiger charge is 2.21. The van der Waals surface area contributed by atoms with Crippen LogP contribution < -0.4 is 16.8 Å². The van der Waals surface area contributed by atoms with Crippen molar-refractivity contribution in [2.75, 3.05) is 0 Å². The molecule has 2 unspecified atom stereocenters. The zero-order valence-corrected chi connectivity index (χ0v) is 15.6. The molecule has 0 aromatic heterocycles. The minimum Gasteiger partial charge on any atom is -0.405 e. The number of primary amides is 1. The molecule has 1 aliphatic carbocycles. The fourth-order valence-corrected chi connectivity index (χ4v) is 2.63. The van der Waals surface area contributed by atoms with Gasteiger partial charge in [0.1, 0.15) is 11.8 Å². The Morgan fingerprint density at radius 2 is 1.93 bits per heavy atom. The van der Waals surface area contributed by atoms with Crippen LogP contribution in [0.1, 0.15) is 6.92 Å². The van der Waals surface area contributed by atoms with E-state index in [9.17, 15) is 9.59 Å². The summed E-state index contributed by atoms with van der Waals surface area (Å²) in [5, 5.41) is 9.95. The monoisotopic (exact) mass is 378 g/mol. The molecule has 0 spiro atoms. The lowest BCUT2D eigenvalue weighted by Gasteiger charge is -2.18. The lowest BCUT2D eigenvalue weighted by atomic mass is 9.93. The zero-order chi connectivity index (χ0) is 20.5. The molecule has 0 heterocycles. The maximum Gasteiger partial charge on any atom is 0.248 e. The van der Waals surface area contributed by atoms with Crippen molar-refractivity contribution in [2.45, 2.75) is 13.0 Å². The second kappa shape index (κ2) is 9.94. The number of nitrogens with zero attached hydrogens (tertiary/aromatic N) is 1. The first-order valence-electron chi connectivity index (χ1n) is 8.79. The largest absolute Gasteiger partial charge is 0.405 e. The molecule has 1 aromatic carbocycles. The summed E-state index contributed by atoms with van der Waals surface area (Å²) < 4.78 is 0. The average molecular weight is 378 g/mol. The second-order valence-corrected chi connectivity index (χ2v) is 6.26. The van der Waals surface area contributed by atoms with Gasteiger partial charge in [0.2, 0.25) is 11.7 Å². The molecule has 0 saturated carbocycles. The van der Waals surface area contributed by atoms with E-state index in [1.165, 1.54) is 18.4 Å². The van der Waals surface area contributed by atoms with Gasteiger partial charge >= 0.3 is 0 Å². The second-order valence-electron chi connectivity index (χ2n) is 6.26. The topological polar surface area (TPSA) is 139 Å². The Bertz CT molecular complexity index is 895. The Morgan fingerprint density at radius 1 is 1.21 bits per heavy atom. The van der Waals surface area contributed by atoms with E-state index in [0.717, 1.165) is 0 Å². The first-order chi connectivity index (χ1) is 13.4. The third-order valence-corrected chi connectivity index (χ3v) is 4.18. The van der Waals surface area contributed by atoms with Gasteiger partial charge in [-0.25, -0.2) is 4.99 Å². The summed E-state index contributed by atoms with van der Waals surface area (Å²) in [6.45, 7) is 1.96. The van der Waals surface area contributed by atoms with E-state index in [1.54, 1.807) is 30.5 Å². The van der Waals surface area contributed by atoms with Gasteiger partial charge in [0.25, 0.3) is 0 Å². The van der Waals surface area contributed by atoms with Crippen LogP contribution in [0.2, 0.25) is 0 Å². The van der Waals surface area contributed by atoms with Crippen LogP contribution in [0.5, 0.6) is 0 Å². The number of carbonyl (C=O) groups is 2. The normalized spacial score (nSPS) is 19.8. The Hall–Kier alpha value is -3.58. The van der Waals surface area contributed by atoms with Gasteiger partial charge in [0, 0.05) is 17.6 Å². The van der Waals surface area contributed by atoms with Crippen molar-refractivity contribution in [3.05, 3.63) is 78.7 Å². The summed E-state index contributed by atoms with van der Waals surface area (Å²) in [4.78, 5) is 27.9. The van der Waals surface area contributed by atoms with Crippen molar-refractivity contribution in [1.82, 2.24) is 0 Å². The van der Waals surface area contributed by atoms with Crippen molar-refractivity contribution in [2.24, 2.45) is 22.4 Å². The Kier molecular flexibility index (Phi) is 7.36. The number of benzene rings is 1. The first kappa shape index (κ1) is 20.7. The van der Waals surface area contributed by atoms with E-state index in [1.807, 2.05) is 36.5 Å². The highest BCUT2D eigenvalue weighted by molar-refractivity contribution is 6.70. The highest BCUT2D eigenvalue weighted by atomic mass is 16.1. The van der Waals surface area contributed by atoms with Crippen LogP contribution >= 0.6 is 0 Å². The summed E-state index contributed by atoms with van der Waals surface area (Å²) in [6, 6.07) is 9.07. The minimum atomic E-state index is -0.482. The van der Waals surface area contributed by atoms with Crippen LogP contribution in [-0.2, 0) is 9.59 Å². The third kappa shape index (κ3) is 5.72. The van der Waals surface area contributed by atoms with Crippen molar-refractivity contribution in [3.63, 3.8) is 0 Å². The zero-order valence-electron chi connectivity index (χ0n) is 15.6. The van der Waals surface area contributed by atoms with Crippen molar-refractivity contribution >= 4 is 28.8 Å². The van der Waals surface area contributed by atoms with Crippen molar-refractivity contribution in [1.29, 1.82) is 5.41 Å². The molecule has 0 bridgehead atoms. The first-order valence-corrected chi connectivity index (χ1v) is 8.79. The number of ketones is 1. The molecule has 0 saturated heterocycles. The number of quaternary nitrogens is 1. The predicted molar refractivity (Wildman–Crippen MR) is 110 cm³/mol. The average Bonchev–Trinajstić information content (AvgIpc) is 2.68. The van der Waals surface area contributed by atoms with E-state index < -0.39 is 11.7 Å². The number of hydrogen-bond acceptors (Lipinski definition) is 5. The van der Waals surface area contributed by atoms with Crippen LogP contribution in [-0.4, -0.2) is 29.2 Å². The number of hydrogen-bond donors (Lipinski definition) is 4. The Balaban J connectivity index is 2.03. The molecule has 28 heavy (non-hydrogen) atoms. The molecular weight excluding hydrogens is 354 g/mol. The number of allylic oxidation sites excluding steroid dienone is 2. The van der Waals surface area contributed by atoms with E-state index >= 15 is 0 Å². The molecule has 0 aliphatic heterocycles. The van der Waals surface area contributed by atoms with Crippen LogP contribution in [0.15, 0.2) is 83.7 Å². The molecule has 1 aliphatic rings. The lowest BCUT2D eigenvalue weighted by molar-refractivity contribution is -0.620. The SMILES string of the molecule is CC1C=C(C(N)=O)C=CC1[NH2+]C=CC(=O)C(=N)C(C=CN)=Nc1ccccc1. The van der Waals surface area contributed by atoms with Gasteiger partial charge in [0.05, 0.1) is 17.6 Å². The number of nitrogens with one attached hydrogen (secondary N) is 1. The number of nitrogens with two attached hydrogens (primary N) is 3. The van der Waals surface area contributed by atoms with Crippen LogP contribution in [0.3, 0.4) is 0 Å². The van der Waals surface area contributed by atoms with E-state index in [0.29, 0.717) is 11.3 Å². The Morgan fingerprint density at radius 3 is 2.54 bits per heavy atom. The number of carbonyl (C=O) groups excluding carboxylic acids is 2. The van der Waals surface area contributed by atoms with Gasteiger partial charge in [-0.3, -0.25) is 15.0 Å². The summed E-state index contributed by atoms with van der Waals surface area (Å²) in [7, 11) is 0. The molecule has 2 rings (SSSR count). The molecule has 0 radical (unpaired) electrons. The minimum absolute atomic E-state index is 0.0303. The molecule has 7 nitrogen and oxygen atoms in total. The molecule has 1 amide bonds. The highest BCUT2D eigenvalue weighted by Crippen LogP contribution is 2.14. The number of para-hydroxylation sites is 1. The smallest absolute Gasteiger partial charge is 0.248 e. The summed E-state index contributed by atoms with van der Waals surface area (Å²) in [5.74, 6) is -0.870. The molecule has 2 atom stereocenters. The summed E-state index contributed by atoms with van der Waals surface area (Å²) >= 11 is 0. The van der Waals surface area contributed by atoms with E-state index in [4.69, 9.17) is 16.9 Å². The van der Waals surface area contributed by atoms with Gasteiger partial charge in [-0.1, -0.05) is 31.2 Å². The molecule has 0 fully saturated rings. The molecule has 7 N–H and O–H groups in total. The van der Waals surface area contributed by atoms with E-state index in [-0.39, 0.29) is 23.4 Å². The Labute approximate surface area is 163 Å². The van der Waals surface area contributed by atoms with Crippen molar-refractivity contribution < 1.29 is 14.9 Å². The third-order valence-electron chi connectivity index (χ3n) is 4.18. The maximum atomic E-state index is 12.3. The molecule has 1 aromatic rings. The fourth-order valence-electron chi connectivity index (χ4n) is 2.63. The van der Waals surface area contributed by atoms with Crippen LogP contribution in [0.4, 0.5) is 5.69 Å². The van der Waals surface area contributed by atoms with Crippen LogP contribution in [0, 0.1) is 11.3 Å². The van der Waals surface area contributed by atoms with Gasteiger partial charge in [-0.2, -0.15) is 0 Å². The van der Waals surface area contributed by atoms with E-state index in [2.05, 4.69) is 4.99 Å². The van der Waals surface area contributed by atoms with Gasteiger partial charge < -0.3 is 16.8 Å². The lowest BCUT2D eigenvalue weighted by Crippen LogP contribution is -2.85. The molecule has 144 valence electrons. The number of aliphatic imine (C=N–C) groups is 1. The molecular formula is C21H24N5O2+.